The Hall–Kier alpha value is -1.31. The lowest BCUT2D eigenvalue weighted by atomic mass is 10.1. The summed E-state index contributed by atoms with van der Waals surface area (Å²) in [5.74, 6) is 0. The van der Waals surface area contributed by atoms with Crippen LogP contribution in [0.15, 0.2) is 40.7 Å². The minimum Gasteiger partial charge on any atom is -0.328 e. The van der Waals surface area contributed by atoms with Crippen molar-refractivity contribution in [2.45, 2.75) is 6.92 Å². The second-order valence-corrected chi connectivity index (χ2v) is 2.74. The Bertz CT molecular complexity index is 282. The summed E-state index contributed by atoms with van der Waals surface area (Å²) in [4.78, 5) is 6.25. The van der Waals surface area contributed by atoms with Crippen LogP contribution in [0.2, 0.25) is 0 Å². The first-order chi connectivity index (χ1) is 5.36. The molecule has 11 heavy (non-hydrogen) atoms. The molecule has 0 amide bonds. The molecule has 0 spiro atoms. The summed E-state index contributed by atoms with van der Waals surface area (Å²) < 4.78 is 0. The molecule has 2 rings (SSSR count). The highest BCUT2D eigenvalue weighted by Gasteiger charge is 2.08. The van der Waals surface area contributed by atoms with E-state index in [0.717, 1.165) is 6.67 Å². The number of aliphatic imine (C=N–C) groups is 1. The zero-order valence-electron chi connectivity index (χ0n) is 6.49. The summed E-state index contributed by atoms with van der Waals surface area (Å²) in [5, 5.41) is 0. The van der Waals surface area contributed by atoms with E-state index in [1.807, 2.05) is 12.3 Å². The SMILES string of the molecule is CC1=CC2=CC=NCN2C=C1. The van der Waals surface area contributed by atoms with Crippen LogP contribution in [-0.4, -0.2) is 17.8 Å². The van der Waals surface area contributed by atoms with Crippen LogP contribution in [0.3, 0.4) is 0 Å². The molecule has 0 atom stereocenters. The number of allylic oxidation sites excluding steroid dienone is 4. The van der Waals surface area contributed by atoms with Crippen molar-refractivity contribution in [3.8, 4) is 0 Å². The van der Waals surface area contributed by atoms with Gasteiger partial charge in [-0.15, -0.1) is 0 Å². The van der Waals surface area contributed by atoms with Crippen LogP contribution in [0.4, 0.5) is 0 Å². The van der Waals surface area contributed by atoms with E-state index in [2.05, 4.69) is 35.2 Å². The Labute approximate surface area is 66.2 Å². The summed E-state index contributed by atoms with van der Waals surface area (Å²) in [5.41, 5.74) is 2.53. The van der Waals surface area contributed by atoms with E-state index in [9.17, 15) is 0 Å². The Morgan fingerprint density at radius 2 is 2.45 bits per heavy atom. The Kier molecular flexibility index (Phi) is 1.39. The molecule has 2 nitrogen and oxygen atoms in total. The predicted octanol–water partition coefficient (Wildman–Crippen LogP) is 1.69. The zero-order valence-corrected chi connectivity index (χ0v) is 6.49. The molecular formula is C9H10N2. The van der Waals surface area contributed by atoms with Crippen molar-refractivity contribution in [2.24, 2.45) is 4.99 Å². The molecule has 0 aromatic heterocycles. The summed E-state index contributed by atoms with van der Waals surface area (Å²) in [6.07, 6.45) is 10.2. The molecule has 0 aromatic carbocycles. The molecule has 0 aromatic rings. The monoisotopic (exact) mass is 146 g/mol. The van der Waals surface area contributed by atoms with E-state index in [0.29, 0.717) is 0 Å². The van der Waals surface area contributed by atoms with E-state index in [1.54, 1.807) is 0 Å². The normalized spacial score (nSPS) is 21.0. The van der Waals surface area contributed by atoms with Gasteiger partial charge < -0.3 is 4.90 Å². The van der Waals surface area contributed by atoms with Crippen molar-refractivity contribution in [3.05, 3.63) is 35.7 Å². The largest absolute Gasteiger partial charge is 0.328 e. The van der Waals surface area contributed by atoms with Gasteiger partial charge in [-0.25, -0.2) is 0 Å². The molecule has 2 aliphatic heterocycles. The molecule has 0 unspecified atom stereocenters. The molecular weight excluding hydrogens is 136 g/mol. The maximum atomic E-state index is 4.13. The summed E-state index contributed by atoms with van der Waals surface area (Å²) in [7, 11) is 0. The molecule has 0 N–H and O–H groups in total. The number of nitrogens with zero attached hydrogens (tertiary/aromatic N) is 2. The summed E-state index contributed by atoms with van der Waals surface area (Å²) in [6, 6.07) is 0. The van der Waals surface area contributed by atoms with Crippen LogP contribution in [-0.2, 0) is 0 Å². The first-order valence-corrected chi connectivity index (χ1v) is 3.69. The van der Waals surface area contributed by atoms with Crippen molar-refractivity contribution in [1.29, 1.82) is 0 Å². The minimum absolute atomic E-state index is 0.756. The summed E-state index contributed by atoms with van der Waals surface area (Å²) >= 11 is 0. The van der Waals surface area contributed by atoms with E-state index < -0.39 is 0 Å². The maximum Gasteiger partial charge on any atom is 0.114 e. The number of hydrogen-bond acceptors (Lipinski definition) is 2. The average Bonchev–Trinajstić information content (AvgIpc) is 2.04. The zero-order chi connectivity index (χ0) is 7.68. The van der Waals surface area contributed by atoms with Crippen molar-refractivity contribution >= 4 is 6.21 Å². The molecule has 0 bridgehead atoms. The van der Waals surface area contributed by atoms with Crippen molar-refractivity contribution in [1.82, 2.24) is 4.90 Å². The quantitative estimate of drug-likeness (QED) is 0.507. The second-order valence-electron chi connectivity index (χ2n) is 2.74. The first kappa shape index (κ1) is 6.40. The van der Waals surface area contributed by atoms with Gasteiger partial charge in [0.05, 0.1) is 0 Å². The Morgan fingerprint density at radius 3 is 3.36 bits per heavy atom. The van der Waals surface area contributed by atoms with Gasteiger partial charge in [-0.2, -0.15) is 0 Å². The van der Waals surface area contributed by atoms with Gasteiger partial charge in [0.2, 0.25) is 0 Å². The van der Waals surface area contributed by atoms with Crippen LogP contribution in [0, 0.1) is 0 Å². The number of hydrogen-bond donors (Lipinski definition) is 0. The van der Waals surface area contributed by atoms with Gasteiger partial charge in [0, 0.05) is 18.1 Å². The smallest absolute Gasteiger partial charge is 0.114 e. The fourth-order valence-electron chi connectivity index (χ4n) is 1.19. The fourth-order valence-corrected chi connectivity index (χ4v) is 1.19. The highest BCUT2D eigenvalue weighted by atomic mass is 15.2. The van der Waals surface area contributed by atoms with Crippen LogP contribution < -0.4 is 0 Å². The lowest BCUT2D eigenvalue weighted by molar-refractivity contribution is 0.486. The third-order valence-electron chi connectivity index (χ3n) is 1.81. The predicted molar refractivity (Wildman–Crippen MR) is 46.2 cm³/mol. The van der Waals surface area contributed by atoms with Gasteiger partial charge in [0.25, 0.3) is 0 Å². The molecule has 0 aliphatic carbocycles. The van der Waals surface area contributed by atoms with E-state index >= 15 is 0 Å². The van der Waals surface area contributed by atoms with E-state index in [-0.39, 0.29) is 0 Å². The molecule has 56 valence electrons. The average molecular weight is 146 g/mol. The minimum atomic E-state index is 0.756. The van der Waals surface area contributed by atoms with Gasteiger partial charge in [-0.1, -0.05) is 0 Å². The van der Waals surface area contributed by atoms with E-state index in [4.69, 9.17) is 0 Å². The molecule has 0 fully saturated rings. The van der Waals surface area contributed by atoms with Crippen LogP contribution in [0.1, 0.15) is 6.92 Å². The Balaban J connectivity index is 2.35. The summed E-state index contributed by atoms with van der Waals surface area (Å²) in [6.45, 7) is 2.85. The highest BCUT2D eigenvalue weighted by Crippen LogP contribution is 2.17. The topological polar surface area (TPSA) is 15.6 Å². The molecule has 0 radical (unpaired) electrons. The standard InChI is InChI=1S/C9H10N2/c1-8-3-5-11-7-10-4-2-9(11)6-8/h2-6H,7H2,1H3. The lowest BCUT2D eigenvalue weighted by Gasteiger charge is -2.24. The Morgan fingerprint density at radius 1 is 1.55 bits per heavy atom. The molecule has 2 aliphatic rings. The molecule has 2 heterocycles. The van der Waals surface area contributed by atoms with Crippen molar-refractivity contribution < 1.29 is 0 Å². The second kappa shape index (κ2) is 2.38. The third-order valence-corrected chi connectivity index (χ3v) is 1.81. The van der Waals surface area contributed by atoms with Crippen molar-refractivity contribution in [2.75, 3.05) is 6.67 Å². The highest BCUT2D eigenvalue weighted by molar-refractivity contribution is 5.74. The van der Waals surface area contributed by atoms with Gasteiger partial charge in [-0.05, 0) is 30.7 Å². The van der Waals surface area contributed by atoms with Crippen molar-refractivity contribution in [3.63, 3.8) is 0 Å². The lowest BCUT2D eigenvalue weighted by Crippen LogP contribution is -2.20. The van der Waals surface area contributed by atoms with Crippen LogP contribution >= 0.6 is 0 Å². The fraction of sp³-hybridized carbons (Fsp3) is 0.222. The van der Waals surface area contributed by atoms with Crippen LogP contribution in [0.5, 0.6) is 0 Å². The van der Waals surface area contributed by atoms with Gasteiger partial charge in [-0.3, -0.25) is 4.99 Å². The van der Waals surface area contributed by atoms with Crippen LogP contribution in [0.25, 0.3) is 0 Å². The molecule has 0 saturated heterocycles. The third kappa shape index (κ3) is 1.11. The maximum absolute atomic E-state index is 4.13. The van der Waals surface area contributed by atoms with Gasteiger partial charge >= 0.3 is 0 Å². The van der Waals surface area contributed by atoms with Gasteiger partial charge in [0.15, 0.2) is 0 Å². The van der Waals surface area contributed by atoms with E-state index in [1.165, 1.54) is 11.3 Å². The number of rotatable bonds is 0. The van der Waals surface area contributed by atoms with Gasteiger partial charge in [0.1, 0.15) is 6.67 Å². The number of fused-ring (bicyclic) bond motifs is 1. The molecule has 2 heteroatoms. The first-order valence-electron chi connectivity index (χ1n) is 3.69. The molecule has 0 saturated carbocycles.